The highest BCUT2D eigenvalue weighted by atomic mass is 32.2. The molecule has 1 aliphatic heterocycles. The Morgan fingerprint density at radius 3 is 2.88 bits per heavy atom. The molecule has 2 aliphatic rings. The summed E-state index contributed by atoms with van der Waals surface area (Å²) in [6.45, 7) is 2.39. The molecule has 0 aromatic heterocycles. The molecule has 0 amide bonds. The summed E-state index contributed by atoms with van der Waals surface area (Å²) in [5.41, 5.74) is 1.54. The lowest BCUT2D eigenvalue weighted by Crippen LogP contribution is -2.27. The topological polar surface area (TPSA) is 12.0 Å². The predicted molar refractivity (Wildman–Crippen MR) is 74.6 cm³/mol. The van der Waals surface area contributed by atoms with Gasteiger partial charge in [0.2, 0.25) is 0 Å². The second kappa shape index (κ2) is 5.45. The second-order valence-corrected chi connectivity index (χ2v) is 6.68. The van der Waals surface area contributed by atoms with Crippen molar-refractivity contribution in [1.29, 1.82) is 0 Å². The zero-order valence-electron chi connectivity index (χ0n) is 10.3. The molecule has 1 aliphatic carbocycles. The smallest absolute Gasteiger partial charge is 0.0260 e. The van der Waals surface area contributed by atoms with Gasteiger partial charge in [0, 0.05) is 16.7 Å². The van der Waals surface area contributed by atoms with Gasteiger partial charge in [0.25, 0.3) is 0 Å². The van der Waals surface area contributed by atoms with Gasteiger partial charge in [-0.3, -0.25) is 0 Å². The Morgan fingerprint density at radius 1 is 1.24 bits per heavy atom. The monoisotopic (exact) mass is 247 g/mol. The van der Waals surface area contributed by atoms with Gasteiger partial charge in [-0.1, -0.05) is 37.5 Å². The zero-order chi connectivity index (χ0) is 11.5. The van der Waals surface area contributed by atoms with Crippen LogP contribution in [0.3, 0.4) is 0 Å². The van der Waals surface area contributed by atoms with Crippen LogP contribution >= 0.6 is 11.8 Å². The summed E-state index contributed by atoms with van der Waals surface area (Å²) >= 11 is 2.05. The molecule has 1 nitrogen and oxygen atoms in total. The number of nitrogens with one attached hydrogen (secondary N) is 1. The van der Waals surface area contributed by atoms with Crippen LogP contribution in [-0.2, 0) is 6.42 Å². The van der Waals surface area contributed by atoms with E-state index in [0.717, 1.165) is 11.2 Å². The van der Waals surface area contributed by atoms with E-state index in [0.29, 0.717) is 0 Å². The average molecular weight is 247 g/mol. The third kappa shape index (κ3) is 2.86. The summed E-state index contributed by atoms with van der Waals surface area (Å²) in [5, 5.41) is 4.40. The highest BCUT2D eigenvalue weighted by Gasteiger charge is 2.21. The van der Waals surface area contributed by atoms with Crippen LogP contribution in [-0.4, -0.2) is 18.3 Å². The number of rotatable bonds is 5. The summed E-state index contributed by atoms with van der Waals surface area (Å²) in [4.78, 5) is 1.50. The van der Waals surface area contributed by atoms with E-state index < -0.39 is 0 Å². The minimum Gasteiger partial charge on any atom is -0.316 e. The van der Waals surface area contributed by atoms with Gasteiger partial charge >= 0.3 is 0 Å². The molecular weight excluding hydrogens is 226 g/mol. The molecule has 1 aromatic rings. The van der Waals surface area contributed by atoms with E-state index in [9.17, 15) is 0 Å². The summed E-state index contributed by atoms with van der Waals surface area (Å²) < 4.78 is 0. The first kappa shape index (κ1) is 11.6. The minimum atomic E-state index is 0.758. The van der Waals surface area contributed by atoms with E-state index in [2.05, 4.69) is 41.3 Å². The van der Waals surface area contributed by atoms with Crippen molar-refractivity contribution < 1.29 is 0 Å². The molecule has 17 heavy (non-hydrogen) atoms. The first-order valence-corrected chi connectivity index (χ1v) is 7.75. The van der Waals surface area contributed by atoms with Crippen molar-refractivity contribution in [1.82, 2.24) is 5.32 Å². The van der Waals surface area contributed by atoms with Crippen molar-refractivity contribution in [3.63, 3.8) is 0 Å². The van der Waals surface area contributed by atoms with Crippen LogP contribution < -0.4 is 5.32 Å². The molecule has 1 unspecified atom stereocenters. The van der Waals surface area contributed by atoms with E-state index in [1.54, 1.807) is 5.56 Å². The van der Waals surface area contributed by atoms with Gasteiger partial charge < -0.3 is 5.32 Å². The number of hydrogen-bond acceptors (Lipinski definition) is 2. The largest absolute Gasteiger partial charge is 0.316 e. The third-order valence-corrected chi connectivity index (χ3v) is 5.36. The highest BCUT2D eigenvalue weighted by Crippen LogP contribution is 2.36. The first-order chi connectivity index (χ1) is 8.42. The van der Waals surface area contributed by atoms with Crippen LogP contribution in [0.4, 0.5) is 0 Å². The summed E-state index contributed by atoms with van der Waals surface area (Å²) in [6, 6.07) is 8.84. The molecule has 1 heterocycles. The molecule has 92 valence electrons. The van der Waals surface area contributed by atoms with Crippen LogP contribution in [0.15, 0.2) is 29.2 Å². The van der Waals surface area contributed by atoms with Gasteiger partial charge in [0.05, 0.1) is 0 Å². The lowest BCUT2D eigenvalue weighted by atomic mass is 9.83. The van der Waals surface area contributed by atoms with Gasteiger partial charge in [-0.15, -0.1) is 11.8 Å². The van der Waals surface area contributed by atoms with Gasteiger partial charge in [-0.2, -0.15) is 0 Å². The molecule has 1 fully saturated rings. The Morgan fingerprint density at radius 2 is 2.12 bits per heavy atom. The van der Waals surface area contributed by atoms with E-state index >= 15 is 0 Å². The maximum atomic E-state index is 3.64. The van der Waals surface area contributed by atoms with Crippen LogP contribution in [0.1, 0.15) is 31.2 Å². The molecule has 1 atom stereocenters. The van der Waals surface area contributed by atoms with Crippen molar-refractivity contribution in [2.75, 3.05) is 13.1 Å². The van der Waals surface area contributed by atoms with Crippen LogP contribution in [0, 0.1) is 5.92 Å². The Kier molecular flexibility index (Phi) is 3.72. The summed E-state index contributed by atoms with van der Waals surface area (Å²) in [7, 11) is 0. The summed E-state index contributed by atoms with van der Waals surface area (Å²) in [5.74, 6) is 1.04. The molecule has 1 aromatic carbocycles. The molecule has 3 rings (SSSR count). The highest BCUT2D eigenvalue weighted by molar-refractivity contribution is 8.00. The van der Waals surface area contributed by atoms with Crippen molar-refractivity contribution in [2.45, 2.75) is 42.2 Å². The number of thioether (sulfide) groups is 1. The van der Waals surface area contributed by atoms with Crippen molar-refractivity contribution in [3.8, 4) is 0 Å². The quantitative estimate of drug-likeness (QED) is 0.799. The van der Waals surface area contributed by atoms with Crippen molar-refractivity contribution >= 4 is 11.8 Å². The Hall–Kier alpha value is -0.470. The second-order valence-electron chi connectivity index (χ2n) is 5.34. The fourth-order valence-electron chi connectivity index (χ4n) is 2.72. The van der Waals surface area contributed by atoms with E-state index in [-0.39, 0.29) is 0 Å². The normalized spacial score (nSPS) is 23.4. The molecule has 0 radical (unpaired) electrons. The zero-order valence-corrected chi connectivity index (χ0v) is 11.1. The lowest BCUT2D eigenvalue weighted by Gasteiger charge is -2.25. The molecule has 2 heteroatoms. The molecular formula is C15H21NS. The molecule has 0 bridgehead atoms. The molecule has 0 saturated heterocycles. The molecule has 0 spiro atoms. The fourth-order valence-corrected chi connectivity index (χ4v) is 4.00. The first-order valence-electron chi connectivity index (χ1n) is 6.87. The van der Waals surface area contributed by atoms with Gasteiger partial charge in [0.15, 0.2) is 0 Å². The van der Waals surface area contributed by atoms with Gasteiger partial charge in [-0.25, -0.2) is 0 Å². The minimum absolute atomic E-state index is 0.758. The number of hydrogen-bond donors (Lipinski definition) is 1. The van der Waals surface area contributed by atoms with E-state index in [4.69, 9.17) is 0 Å². The Labute approximate surface area is 108 Å². The van der Waals surface area contributed by atoms with Crippen LogP contribution in [0.2, 0.25) is 0 Å². The molecule has 1 saturated carbocycles. The number of benzene rings is 1. The van der Waals surface area contributed by atoms with Crippen molar-refractivity contribution in [2.24, 2.45) is 5.92 Å². The Balaban J connectivity index is 1.37. The fraction of sp³-hybridized carbons (Fsp3) is 0.600. The maximum absolute atomic E-state index is 3.64. The van der Waals surface area contributed by atoms with Crippen molar-refractivity contribution in [3.05, 3.63) is 29.8 Å². The molecule has 1 N–H and O–H groups in total. The maximum Gasteiger partial charge on any atom is 0.0260 e. The van der Waals surface area contributed by atoms with Crippen LogP contribution in [0.5, 0.6) is 0 Å². The van der Waals surface area contributed by atoms with Gasteiger partial charge in [0.1, 0.15) is 0 Å². The summed E-state index contributed by atoms with van der Waals surface area (Å²) in [6.07, 6.45) is 7.07. The lowest BCUT2D eigenvalue weighted by molar-refractivity contribution is 0.292. The number of fused-ring (bicyclic) bond motifs is 1. The third-order valence-electron chi connectivity index (χ3n) is 4.04. The predicted octanol–water partition coefficient (Wildman–Crippen LogP) is 3.48. The van der Waals surface area contributed by atoms with Crippen LogP contribution in [0.25, 0.3) is 0 Å². The Bertz CT molecular complexity index is 348. The standard InChI is InChI=1S/C15H21NS/c1-2-7-15-13(6-1)10-14(17-15)11-16-9-8-12-4-3-5-12/h1-2,6-7,12,14,16H,3-5,8-11H2. The SMILES string of the molecule is c1ccc2c(c1)CC(CNCCC1CCC1)S2. The van der Waals surface area contributed by atoms with Gasteiger partial charge in [-0.05, 0) is 36.9 Å². The average Bonchev–Trinajstić information content (AvgIpc) is 2.68. The van der Waals surface area contributed by atoms with E-state index in [1.807, 2.05) is 0 Å². The van der Waals surface area contributed by atoms with E-state index in [1.165, 1.54) is 50.1 Å².